The van der Waals surface area contributed by atoms with Crippen molar-refractivity contribution in [3.63, 3.8) is 0 Å². The molecule has 1 aromatic carbocycles. The minimum atomic E-state index is -5.58. The number of hydrogen-bond donors (Lipinski definition) is 0. The Morgan fingerprint density at radius 1 is 1.13 bits per heavy atom. The Morgan fingerprint density at radius 2 is 1.60 bits per heavy atom. The quantitative estimate of drug-likeness (QED) is 0.623. The molecule has 0 fully saturated rings. The van der Waals surface area contributed by atoms with Crippen LogP contribution < -0.4 is 4.18 Å². The molecule has 1 aromatic rings. The van der Waals surface area contributed by atoms with Gasteiger partial charge in [0.1, 0.15) is 5.75 Å². The van der Waals surface area contributed by atoms with Gasteiger partial charge < -0.3 is 4.18 Å². The third kappa shape index (κ3) is 3.10. The minimum absolute atomic E-state index is 0.393. The molecule has 1 rings (SSSR count). The van der Waals surface area contributed by atoms with Crippen molar-refractivity contribution in [1.82, 2.24) is 0 Å². The molecule has 0 unspecified atom stereocenters. The average Bonchev–Trinajstić information content (AvgIpc) is 2.06. The molecular weight excluding hydrogens is 301 g/mol. The first-order valence-electron chi connectivity index (χ1n) is 3.49. The Bertz CT molecular complexity index is 438. The van der Waals surface area contributed by atoms with E-state index in [-0.39, 0.29) is 0 Å². The first-order valence-corrected chi connectivity index (χ1v) is 5.69. The number of hydrogen-bond acceptors (Lipinski definition) is 3. The predicted molar refractivity (Wildman–Crippen MR) is 49.7 cm³/mol. The fraction of sp³-hybridized carbons (Fsp3) is 0.143. The van der Waals surface area contributed by atoms with E-state index < -0.39 is 21.4 Å². The summed E-state index contributed by atoms with van der Waals surface area (Å²) in [5.74, 6) is -0.393. The van der Waals surface area contributed by atoms with Crippen molar-refractivity contribution in [2.75, 3.05) is 0 Å². The zero-order chi connectivity index (χ0) is 11.7. The van der Waals surface area contributed by atoms with Gasteiger partial charge in [0.25, 0.3) is 0 Å². The zero-order valence-corrected chi connectivity index (χ0v) is 9.36. The summed E-state index contributed by atoms with van der Waals surface area (Å²) in [7, 11) is -5.58. The van der Waals surface area contributed by atoms with E-state index in [1.165, 1.54) is 12.1 Å². The monoisotopic (exact) mass is 304 g/mol. The summed E-state index contributed by atoms with van der Waals surface area (Å²) in [5, 5.41) is 0. The van der Waals surface area contributed by atoms with Gasteiger partial charge in [-0.3, -0.25) is 0 Å². The Morgan fingerprint density at radius 3 is 2.00 bits per heavy atom. The molecular formula is C7H4BrF3O3S. The van der Waals surface area contributed by atoms with Crippen LogP contribution in [0.2, 0.25) is 0 Å². The highest BCUT2D eigenvalue weighted by Crippen LogP contribution is 2.27. The second-order valence-corrected chi connectivity index (χ2v) is 4.89. The fourth-order valence-electron chi connectivity index (χ4n) is 0.664. The first-order chi connectivity index (χ1) is 6.72. The van der Waals surface area contributed by atoms with Gasteiger partial charge in [-0.1, -0.05) is 15.9 Å². The van der Waals surface area contributed by atoms with E-state index in [4.69, 9.17) is 0 Å². The molecule has 0 heterocycles. The molecule has 0 aliphatic carbocycles. The van der Waals surface area contributed by atoms with Gasteiger partial charge in [-0.25, -0.2) is 0 Å². The fourth-order valence-corrected chi connectivity index (χ4v) is 1.39. The largest absolute Gasteiger partial charge is 0.534 e. The number of rotatable bonds is 2. The topological polar surface area (TPSA) is 43.4 Å². The first kappa shape index (κ1) is 12.3. The summed E-state index contributed by atoms with van der Waals surface area (Å²) in [6, 6.07) is 4.93. The number of alkyl halides is 3. The van der Waals surface area contributed by atoms with Gasteiger partial charge in [-0.15, -0.1) is 0 Å². The maximum Gasteiger partial charge on any atom is 0.534 e. The van der Waals surface area contributed by atoms with E-state index in [1.807, 2.05) is 0 Å². The van der Waals surface area contributed by atoms with Crippen molar-refractivity contribution >= 4 is 26.0 Å². The Balaban J connectivity index is 2.93. The molecule has 15 heavy (non-hydrogen) atoms. The van der Waals surface area contributed by atoms with Gasteiger partial charge in [0.2, 0.25) is 0 Å². The Hall–Kier alpha value is -0.760. The summed E-state index contributed by atoms with van der Waals surface area (Å²) in [4.78, 5) is 0. The van der Waals surface area contributed by atoms with Gasteiger partial charge in [0.05, 0.1) is 0 Å². The van der Waals surface area contributed by atoms with Gasteiger partial charge in [0, 0.05) is 4.47 Å². The molecule has 0 aromatic heterocycles. The molecule has 0 amide bonds. The molecule has 0 atom stereocenters. The highest BCUT2D eigenvalue weighted by molar-refractivity contribution is 9.10. The van der Waals surface area contributed by atoms with Crippen LogP contribution in [0.3, 0.4) is 0 Å². The summed E-state index contributed by atoms with van der Waals surface area (Å²) in [6.07, 6.45) is 0. The van der Waals surface area contributed by atoms with Crippen LogP contribution in [0, 0.1) is 0 Å². The van der Waals surface area contributed by atoms with Crippen LogP contribution in [0.1, 0.15) is 0 Å². The van der Waals surface area contributed by atoms with Gasteiger partial charge in [-0.05, 0) is 24.3 Å². The van der Waals surface area contributed by atoms with Crippen LogP contribution in [0.15, 0.2) is 28.7 Å². The lowest BCUT2D eigenvalue weighted by atomic mass is 10.3. The Labute approximate surface area is 92.1 Å². The van der Waals surface area contributed by atoms with E-state index in [1.54, 1.807) is 0 Å². The molecule has 0 bridgehead atoms. The van der Waals surface area contributed by atoms with Crippen molar-refractivity contribution in [1.29, 1.82) is 0 Å². The Kier molecular flexibility index (Phi) is 3.29. The van der Waals surface area contributed by atoms with E-state index >= 15 is 0 Å². The van der Waals surface area contributed by atoms with Crippen molar-refractivity contribution in [2.24, 2.45) is 0 Å². The highest BCUT2D eigenvalue weighted by atomic mass is 79.9. The zero-order valence-electron chi connectivity index (χ0n) is 6.95. The molecule has 0 N–H and O–H groups in total. The number of benzene rings is 1. The second kappa shape index (κ2) is 4.01. The average molecular weight is 305 g/mol. The van der Waals surface area contributed by atoms with Crippen molar-refractivity contribution in [2.45, 2.75) is 5.51 Å². The normalized spacial score (nSPS) is 12.5. The van der Waals surface area contributed by atoms with Crippen LogP contribution >= 0.6 is 15.9 Å². The third-order valence-corrected chi connectivity index (χ3v) is 2.81. The van der Waals surface area contributed by atoms with Crippen LogP contribution in [0.25, 0.3) is 0 Å². The van der Waals surface area contributed by atoms with Crippen LogP contribution in [-0.2, 0) is 10.1 Å². The minimum Gasteiger partial charge on any atom is -0.376 e. The van der Waals surface area contributed by atoms with Crippen LogP contribution in [-0.4, -0.2) is 13.9 Å². The van der Waals surface area contributed by atoms with Gasteiger partial charge in [-0.2, -0.15) is 21.6 Å². The lowest BCUT2D eigenvalue weighted by Crippen LogP contribution is -2.27. The van der Waals surface area contributed by atoms with Crippen molar-refractivity contribution in [3.05, 3.63) is 28.7 Å². The molecule has 8 heteroatoms. The lowest BCUT2D eigenvalue weighted by molar-refractivity contribution is -0.0500. The third-order valence-electron chi connectivity index (χ3n) is 1.30. The summed E-state index contributed by atoms with van der Waals surface area (Å²) >= 11 is 3.04. The molecule has 0 aliphatic heterocycles. The molecule has 0 saturated heterocycles. The van der Waals surface area contributed by atoms with Crippen LogP contribution in [0.4, 0.5) is 13.2 Å². The smallest absolute Gasteiger partial charge is 0.376 e. The van der Waals surface area contributed by atoms with E-state index in [2.05, 4.69) is 20.1 Å². The molecule has 0 saturated carbocycles. The SMILES string of the molecule is O=S(=O)(Oc1ccc(Br)cc1)C(F)(F)F. The maximum atomic E-state index is 11.9. The van der Waals surface area contributed by atoms with Crippen molar-refractivity contribution in [3.8, 4) is 5.75 Å². The van der Waals surface area contributed by atoms with Crippen molar-refractivity contribution < 1.29 is 25.8 Å². The lowest BCUT2D eigenvalue weighted by Gasteiger charge is -2.08. The summed E-state index contributed by atoms with van der Waals surface area (Å²) < 4.78 is 61.2. The molecule has 0 spiro atoms. The highest BCUT2D eigenvalue weighted by Gasteiger charge is 2.48. The maximum absolute atomic E-state index is 11.9. The van der Waals surface area contributed by atoms with Gasteiger partial charge in [0.15, 0.2) is 0 Å². The molecule has 84 valence electrons. The molecule has 0 aliphatic rings. The standard InChI is InChI=1S/C7H4BrF3O3S/c8-5-1-3-6(4-2-5)14-15(12,13)7(9,10)11/h1-4H. The molecule has 0 radical (unpaired) electrons. The van der Waals surface area contributed by atoms with E-state index in [9.17, 15) is 21.6 Å². The summed E-state index contributed by atoms with van der Waals surface area (Å²) in [6.45, 7) is 0. The summed E-state index contributed by atoms with van der Waals surface area (Å²) in [5.41, 5.74) is -5.42. The number of halogens is 4. The second-order valence-electron chi connectivity index (χ2n) is 2.44. The molecule has 3 nitrogen and oxygen atoms in total. The van der Waals surface area contributed by atoms with E-state index in [0.717, 1.165) is 12.1 Å². The predicted octanol–water partition coefficient (Wildman–Crippen LogP) is 2.68. The van der Waals surface area contributed by atoms with Gasteiger partial charge >= 0.3 is 15.6 Å². The van der Waals surface area contributed by atoms with E-state index in [0.29, 0.717) is 4.47 Å². The van der Waals surface area contributed by atoms with Crippen LogP contribution in [0.5, 0.6) is 5.75 Å².